The van der Waals surface area contributed by atoms with E-state index in [1.54, 1.807) is 15.6 Å². The van der Waals surface area contributed by atoms with Crippen LogP contribution in [-0.2, 0) is 29.3 Å². The third-order valence-corrected chi connectivity index (χ3v) is 4.70. The first-order valence-electron chi connectivity index (χ1n) is 9.25. The Labute approximate surface area is 164 Å². The van der Waals surface area contributed by atoms with E-state index in [1.165, 1.54) is 14.2 Å². The highest BCUT2D eigenvalue weighted by Gasteiger charge is 2.24. The van der Waals surface area contributed by atoms with Gasteiger partial charge in [0, 0.05) is 20.1 Å². The summed E-state index contributed by atoms with van der Waals surface area (Å²) in [5.74, 6) is -0.327. The highest BCUT2D eigenvalue weighted by Crippen LogP contribution is 2.17. The minimum Gasteiger partial charge on any atom is -0.445 e. The number of ether oxygens (including phenoxy) is 1. The molecule has 0 saturated heterocycles. The molecule has 1 aliphatic rings. The van der Waals surface area contributed by atoms with Crippen LogP contribution in [0.4, 0.5) is 4.79 Å². The third-order valence-electron chi connectivity index (χ3n) is 4.70. The Morgan fingerprint density at radius 3 is 2.54 bits per heavy atom. The van der Waals surface area contributed by atoms with E-state index in [-0.39, 0.29) is 18.6 Å². The number of carbonyl (C=O) groups excluding carboxylic acids is 2. The minimum atomic E-state index is -0.365. The number of benzene rings is 1. The van der Waals surface area contributed by atoms with Gasteiger partial charge in [-0.2, -0.15) is 5.10 Å². The molecule has 0 spiro atoms. The second-order valence-corrected chi connectivity index (χ2v) is 7.05. The van der Waals surface area contributed by atoms with Crippen LogP contribution in [0.15, 0.2) is 24.3 Å². The van der Waals surface area contributed by atoms with Gasteiger partial charge in [0.25, 0.3) is 5.91 Å². The number of amides is 2. The standard InChI is InChI=1S/C20H26N4O4/c1-14-8-15(2)10-16(9-14)13-28-20(26)23-6-5-7-24-17(12-23)11-18(21-24)19(25)22(3)27-4/h8-11H,5-7,12-13H2,1-4H3. The first-order valence-corrected chi connectivity index (χ1v) is 9.25. The number of nitrogens with zero attached hydrogens (tertiary/aromatic N) is 4. The van der Waals surface area contributed by atoms with Gasteiger partial charge in [-0.1, -0.05) is 29.3 Å². The summed E-state index contributed by atoms with van der Waals surface area (Å²) in [4.78, 5) is 31.4. The summed E-state index contributed by atoms with van der Waals surface area (Å²) in [7, 11) is 2.95. The zero-order chi connectivity index (χ0) is 20.3. The van der Waals surface area contributed by atoms with Crippen molar-refractivity contribution >= 4 is 12.0 Å². The predicted molar refractivity (Wildman–Crippen MR) is 102 cm³/mol. The van der Waals surface area contributed by atoms with Crippen LogP contribution in [0, 0.1) is 13.8 Å². The SMILES string of the molecule is CON(C)C(=O)c1cc2n(n1)CCCN(C(=O)OCc1cc(C)cc(C)c1)C2. The van der Waals surface area contributed by atoms with Crippen molar-refractivity contribution in [3.8, 4) is 0 Å². The van der Waals surface area contributed by atoms with Crippen molar-refractivity contribution in [1.29, 1.82) is 0 Å². The predicted octanol–water partition coefficient (Wildman–Crippen LogP) is 2.68. The fourth-order valence-corrected chi connectivity index (χ4v) is 3.36. The second-order valence-electron chi connectivity index (χ2n) is 7.05. The number of rotatable bonds is 4. The fraction of sp³-hybridized carbons (Fsp3) is 0.450. The molecule has 0 radical (unpaired) electrons. The van der Waals surface area contributed by atoms with Crippen LogP contribution in [0.2, 0.25) is 0 Å². The van der Waals surface area contributed by atoms with Gasteiger partial charge >= 0.3 is 6.09 Å². The van der Waals surface area contributed by atoms with Crippen LogP contribution in [0.1, 0.15) is 39.3 Å². The van der Waals surface area contributed by atoms with Gasteiger partial charge in [0.05, 0.1) is 19.3 Å². The molecule has 1 aliphatic heterocycles. The summed E-state index contributed by atoms with van der Waals surface area (Å²) in [6, 6.07) is 7.82. The molecule has 3 rings (SSSR count). The minimum absolute atomic E-state index is 0.236. The molecule has 0 fully saturated rings. The van der Waals surface area contributed by atoms with Gasteiger partial charge < -0.3 is 9.64 Å². The van der Waals surface area contributed by atoms with Crippen LogP contribution < -0.4 is 0 Å². The lowest BCUT2D eigenvalue weighted by Gasteiger charge is -2.19. The number of aryl methyl sites for hydroxylation is 3. The number of fused-ring (bicyclic) bond motifs is 1. The summed E-state index contributed by atoms with van der Waals surface area (Å²) < 4.78 is 7.29. The number of hydroxylamine groups is 2. The monoisotopic (exact) mass is 386 g/mol. The van der Waals surface area contributed by atoms with Gasteiger partial charge in [0.1, 0.15) is 6.61 Å². The lowest BCUT2D eigenvalue weighted by atomic mass is 10.1. The lowest BCUT2D eigenvalue weighted by molar-refractivity contribution is -0.0760. The van der Waals surface area contributed by atoms with Gasteiger partial charge in [-0.05, 0) is 31.9 Å². The van der Waals surface area contributed by atoms with E-state index >= 15 is 0 Å². The smallest absolute Gasteiger partial charge is 0.410 e. The third kappa shape index (κ3) is 4.51. The first-order chi connectivity index (χ1) is 13.4. The van der Waals surface area contributed by atoms with Gasteiger partial charge in [0.15, 0.2) is 5.69 Å². The largest absolute Gasteiger partial charge is 0.445 e. The van der Waals surface area contributed by atoms with Crippen LogP contribution in [0.25, 0.3) is 0 Å². The number of carbonyl (C=O) groups is 2. The average molecular weight is 386 g/mol. The van der Waals surface area contributed by atoms with Gasteiger partial charge in [0.2, 0.25) is 0 Å². The summed E-state index contributed by atoms with van der Waals surface area (Å²) in [6.45, 7) is 5.85. The van der Waals surface area contributed by atoms with Gasteiger partial charge in [-0.15, -0.1) is 0 Å². The van der Waals surface area contributed by atoms with Crippen molar-refractivity contribution in [2.45, 2.75) is 40.0 Å². The molecule has 0 atom stereocenters. The molecule has 8 heteroatoms. The Morgan fingerprint density at radius 1 is 1.14 bits per heavy atom. The summed E-state index contributed by atoms with van der Waals surface area (Å²) in [5, 5.41) is 5.48. The fourth-order valence-electron chi connectivity index (χ4n) is 3.36. The highest BCUT2D eigenvalue weighted by atomic mass is 16.7. The number of aromatic nitrogens is 2. The van der Waals surface area contributed by atoms with E-state index in [2.05, 4.69) is 11.2 Å². The molecule has 0 N–H and O–H groups in total. The summed E-state index contributed by atoms with van der Waals surface area (Å²) >= 11 is 0. The summed E-state index contributed by atoms with van der Waals surface area (Å²) in [6.07, 6.45) is 0.372. The molecular formula is C20H26N4O4. The molecule has 2 heterocycles. The Bertz CT molecular complexity index is 857. The molecule has 0 aliphatic carbocycles. The zero-order valence-electron chi connectivity index (χ0n) is 16.8. The molecule has 1 aromatic carbocycles. The van der Waals surface area contributed by atoms with Crippen molar-refractivity contribution in [1.82, 2.24) is 19.7 Å². The van der Waals surface area contributed by atoms with Crippen molar-refractivity contribution < 1.29 is 19.2 Å². The molecule has 1 aromatic heterocycles. The zero-order valence-corrected chi connectivity index (χ0v) is 16.8. The maximum atomic E-state index is 12.6. The lowest BCUT2D eigenvalue weighted by Crippen LogP contribution is -2.31. The average Bonchev–Trinajstić information content (AvgIpc) is 2.95. The van der Waals surface area contributed by atoms with Crippen molar-refractivity contribution in [3.05, 3.63) is 52.3 Å². The number of hydrogen-bond donors (Lipinski definition) is 0. The van der Waals surface area contributed by atoms with Crippen molar-refractivity contribution in [2.75, 3.05) is 20.7 Å². The van der Waals surface area contributed by atoms with E-state index in [0.717, 1.165) is 33.9 Å². The van der Waals surface area contributed by atoms with E-state index < -0.39 is 0 Å². The Hall–Kier alpha value is -2.87. The molecule has 0 unspecified atom stereocenters. The van der Waals surface area contributed by atoms with Crippen LogP contribution in [0.5, 0.6) is 0 Å². The Kier molecular flexibility index (Phi) is 5.99. The second kappa shape index (κ2) is 8.43. The Morgan fingerprint density at radius 2 is 1.86 bits per heavy atom. The normalized spacial score (nSPS) is 13.6. The number of hydrogen-bond acceptors (Lipinski definition) is 5. The van der Waals surface area contributed by atoms with Crippen molar-refractivity contribution in [3.63, 3.8) is 0 Å². The molecule has 2 amide bonds. The van der Waals surface area contributed by atoms with E-state index in [0.29, 0.717) is 25.3 Å². The molecular weight excluding hydrogens is 360 g/mol. The van der Waals surface area contributed by atoms with E-state index in [9.17, 15) is 9.59 Å². The molecule has 0 bridgehead atoms. The highest BCUT2D eigenvalue weighted by molar-refractivity contribution is 5.91. The van der Waals surface area contributed by atoms with Gasteiger partial charge in [-0.3, -0.25) is 14.3 Å². The van der Waals surface area contributed by atoms with Gasteiger partial charge in [-0.25, -0.2) is 9.86 Å². The molecule has 0 saturated carbocycles. The quantitative estimate of drug-likeness (QED) is 0.755. The van der Waals surface area contributed by atoms with E-state index in [4.69, 9.17) is 9.57 Å². The maximum Gasteiger partial charge on any atom is 0.410 e. The van der Waals surface area contributed by atoms with Crippen LogP contribution >= 0.6 is 0 Å². The molecule has 8 nitrogen and oxygen atoms in total. The topological polar surface area (TPSA) is 76.9 Å². The summed E-state index contributed by atoms with van der Waals surface area (Å²) in [5.41, 5.74) is 4.35. The molecule has 150 valence electrons. The molecule has 2 aromatic rings. The van der Waals surface area contributed by atoms with E-state index in [1.807, 2.05) is 26.0 Å². The maximum absolute atomic E-state index is 12.6. The molecule has 28 heavy (non-hydrogen) atoms. The first kappa shape index (κ1) is 19.9. The van der Waals surface area contributed by atoms with Crippen LogP contribution in [0.3, 0.4) is 0 Å². The Balaban J connectivity index is 1.66. The van der Waals surface area contributed by atoms with Crippen molar-refractivity contribution in [2.24, 2.45) is 0 Å². The van der Waals surface area contributed by atoms with Crippen LogP contribution in [-0.4, -0.2) is 52.4 Å².